The van der Waals surface area contributed by atoms with Crippen molar-refractivity contribution in [2.24, 2.45) is 5.41 Å². The summed E-state index contributed by atoms with van der Waals surface area (Å²) >= 11 is 0. The Hall–Kier alpha value is -1.90. The van der Waals surface area contributed by atoms with Crippen molar-refractivity contribution in [1.82, 2.24) is 0 Å². The molecule has 0 saturated carbocycles. The monoisotopic (exact) mass is 384 g/mol. The molecule has 0 saturated heterocycles. The van der Waals surface area contributed by atoms with E-state index in [4.69, 9.17) is 4.74 Å². The normalized spacial score (nSPS) is 22.0. The molecule has 28 heavy (non-hydrogen) atoms. The van der Waals surface area contributed by atoms with E-state index in [-0.39, 0.29) is 22.7 Å². The zero-order chi connectivity index (χ0) is 20.9. The van der Waals surface area contributed by atoms with Crippen molar-refractivity contribution in [3.63, 3.8) is 0 Å². The van der Waals surface area contributed by atoms with Crippen molar-refractivity contribution in [2.45, 2.75) is 92.1 Å². The smallest absolute Gasteiger partial charge is 0.225 e. The van der Waals surface area contributed by atoms with E-state index in [1.54, 1.807) is 12.2 Å². The van der Waals surface area contributed by atoms with Crippen LogP contribution in [0.25, 0.3) is 0 Å². The third-order valence-electron chi connectivity index (χ3n) is 5.75. The van der Waals surface area contributed by atoms with Crippen molar-refractivity contribution in [2.75, 3.05) is 0 Å². The zero-order valence-corrected chi connectivity index (χ0v) is 18.5. The number of Topliss-reactive ketones (excluding diaryl/α,β-unsaturated/α-hetero) is 1. The lowest BCUT2D eigenvalue weighted by atomic mass is 9.74. The van der Waals surface area contributed by atoms with Crippen LogP contribution in [0.2, 0.25) is 0 Å². The molecule has 2 aliphatic rings. The molecule has 0 fully saturated rings. The van der Waals surface area contributed by atoms with Crippen LogP contribution in [0.15, 0.2) is 46.8 Å². The Labute approximate surface area is 170 Å². The van der Waals surface area contributed by atoms with Gasteiger partial charge in [0.05, 0.1) is 5.57 Å². The van der Waals surface area contributed by atoms with E-state index >= 15 is 0 Å². The lowest BCUT2D eigenvalue weighted by Gasteiger charge is -2.36. The van der Waals surface area contributed by atoms with Gasteiger partial charge in [-0.1, -0.05) is 58.1 Å². The number of carbonyl (C=O) groups excluding carboxylic acids is 2. The van der Waals surface area contributed by atoms with E-state index in [1.165, 1.54) is 18.4 Å². The van der Waals surface area contributed by atoms with Gasteiger partial charge in [0, 0.05) is 5.57 Å². The van der Waals surface area contributed by atoms with Crippen LogP contribution >= 0.6 is 0 Å². The predicted molar refractivity (Wildman–Crippen MR) is 115 cm³/mol. The van der Waals surface area contributed by atoms with Crippen molar-refractivity contribution in [3.8, 4) is 0 Å². The van der Waals surface area contributed by atoms with E-state index in [0.717, 1.165) is 32.1 Å². The second kappa shape index (κ2) is 9.07. The Kier molecular flexibility index (Phi) is 7.25. The van der Waals surface area contributed by atoms with E-state index in [2.05, 4.69) is 40.7 Å². The number of ether oxygens (including phenoxy) is 1. The number of rotatable bonds is 9. The molecule has 3 nitrogen and oxygen atoms in total. The second-order valence-corrected chi connectivity index (χ2v) is 9.26. The van der Waals surface area contributed by atoms with Crippen LogP contribution in [0.3, 0.4) is 0 Å². The highest BCUT2D eigenvalue weighted by atomic mass is 16.5. The number of ketones is 2. The molecule has 154 valence electrons. The quantitative estimate of drug-likeness (QED) is 0.262. The summed E-state index contributed by atoms with van der Waals surface area (Å²) in [4.78, 5) is 26.0. The van der Waals surface area contributed by atoms with Crippen LogP contribution in [0.5, 0.6) is 0 Å². The van der Waals surface area contributed by atoms with E-state index in [0.29, 0.717) is 11.1 Å². The Morgan fingerprint density at radius 1 is 1.18 bits per heavy atom. The first kappa shape index (κ1) is 22.4. The van der Waals surface area contributed by atoms with Gasteiger partial charge in [0.15, 0.2) is 11.5 Å². The number of hydrogen-bond acceptors (Lipinski definition) is 3. The minimum atomic E-state index is -0.561. The molecule has 0 amide bonds. The maximum absolute atomic E-state index is 13.3. The van der Waals surface area contributed by atoms with Gasteiger partial charge in [-0.25, -0.2) is 0 Å². The molecule has 0 radical (unpaired) electrons. The molecule has 2 rings (SSSR count). The molecule has 1 aliphatic heterocycles. The van der Waals surface area contributed by atoms with Gasteiger partial charge in [0.25, 0.3) is 0 Å². The summed E-state index contributed by atoms with van der Waals surface area (Å²) in [5.41, 5.74) is 1.36. The summed E-state index contributed by atoms with van der Waals surface area (Å²) in [7, 11) is 0. The second-order valence-electron chi connectivity index (χ2n) is 9.26. The molecule has 1 unspecified atom stereocenters. The van der Waals surface area contributed by atoms with Crippen LogP contribution in [0, 0.1) is 5.41 Å². The predicted octanol–water partition coefficient (Wildman–Crippen LogP) is 6.41. The minimum absolute atomic E-state index is 0.117. The Morgan fingerprint density at radius 2 is 1.89 bits per heavy atom. The highest BCUT2D eigenvalue weighted by Crippen LogP contribution is 2.41. The first-order valence-electron chi connectivity index (χ1n) is 10.7. The number of hydrogen-bond donors (Lipinski definition) is 0. The molecule has 0 aromatic heterocycles. The maximum atomic E-state index is 13.3. The van der Waals surface area contributed by atoms with Gasteiger partial charge in [-0.2, -0.15) is 0 Å². The summed E-state index contributed by atoms with van der Waals surface area (Å²) in [5, 5.41) is 0. The summed E-state index contributed by atoms with van der Waals surface area (Å²) in [5.74, 6) is 0.00745. The van der Waals surface area contributed by atoms with E-state index < -0.39 is 5.60 Å². The molecular weight excluding hydrogens is 348 g/mol. The number of allylic oxidation sites excluding steroid dienone is 6. The molecule has 0 N–H and O–H groups in total. The fourth-order valence-electron chi connectivity index (χ4n) is 3.83. The summed E-state index contributed by atoms with van der Waals surface area (Å²) in [6.45, 7) is 12.4. The zero-order valence-electron chi connectivity index (χ0n) is 18.5. The summed E-state index contributed by atoms with van der Waals surface area (Å²) in [6.07, 6.45) is 14.6. The van der Waals surface area contributed by atoms with Crippen molar-refractivity contribution in [3.05, 3.63) is 46.8 Å². The van der Waals surface area contributed by atoms with Crippen molar-refractivity contribution in [1.29, 1.82) is 0 Å². The third kappa shape index (κ3) is 5.33. The largest absolute Gasteiger partial charge is 0.479 e. The van der Waals surface area contributed by atoms with Gasteiger partial charge in [0.2, 0.25) is 5.78 Å². The Balaban J connectivity index is 2.16. The van der Waals surface area contributed by atoms with Crippen LogP contribution in [-0.2, 0) is 14.3 Å². The summed E-state index contributed by atoms with van der Waals surface area (Å²) < 4.78 is 6.16. The van der Waals surface area contributed by atoms with Crippen LogP contribution < -0.4 is 0 Å². The molecule has 1 atom stereocenters. The molecule has 0 aromatic carbocycles. The van der Waals surface area contributed by atoms with Crippen molar-refractivity contribution >= 4 is 11.6 Å². The molecule has 0 aromatic rings. The maximum Gasteiger partial charge on any atom is 0.225 e. The first-order chi connectivity index (χ1) is 13.1. The highest BCUT2D eigenvalue weighted by Gasteiger charge is 2.41. The molecule has 0 spiro atoms. The van der Waals surface area contributed by atoms with E-state index in [1.807, 2.05) is 13.0 Å². The van der Waals surface area contributed by atoms with Gasteiger partial charge < -0.3 is 4.74 Å². The average Bonchev–Trinajstić information content (AvgIpc) is 2.61. The molecule has 0 bridgehead atoms. The third-order valence-corrected chi connectivity index (χ3v) is 5.75. The van der Waals surface area contributed by atoms with Gasteiger partial charge >= 0.3 is 0 Å². The minimum Gasteiger partial charge on any atom is -0.479 e. The van der Waals surface area contributed by atoms with Crippen LogP contribution in [0.4, 0.5) is 0 Å². The van der Waals surface area contributed by atoms with Gasteiger partial charge in [-0.3, -0.25) is 9.59 Å². The Morgan fingerprint density at radius 3 is 2.54 bits per heavy atom. The number of unbranched alkanes of at least 4 members (excludes halogenated alkanes) is 3. The SMILES string of the molecule is CCCCCCC(C)(C)C1=CC(=O)C2=C(OC(C)(CCC=C(C)C)C=C2)C1=O. The lowest BCUT2D eigenvalue weighted by Crippen LogP contribution is -2.36. The van der Waals surface area contributed by atoms with Crippen LogP contribution in [0.1, 0.15) is 86.5 Å². The highest BCUT2D eigenvalue weighted by molar-refractivity contribution is 6.23. The van der Waals surface area contributed by atoms with E-state index in [9.17, 15) is 9.59 Å². The fraction of sp³-hybridized carbons (Fsp3) is 0.600. The molecule has 3 heteroatoms. The van der Waals surface area contributed by atoms with Gasteiger partial charge in [0.1, 0.15) is 5.60 Å². The standard InChI is InChI=1S/C25H36O3/c1-7-8-9-10-14-24(4,5)20-17-21(26)19-13-16-25(6,15-11-12-18(2)3)28-23(19)22(20)27/h12-13,16-17H,7-11,14-15H2,1-6H3. The summed E-state index contributed by atoms with van der Waals surface area (Å²) in [6, 6.07) is 0. The van der Waals surface area contributed by atoms with Crippen LogP contribution in [-0.4, -0.2) is 17.2 Å². The molecule has 1 heterocycles. The lowest BCUT2D eigenvalue weighted by molar-refractivity contribution is -0.121. The number of carbonyl (C=O) groups is 2. The van der Waals surface area contributed by atoms with Crippen molar-refractivity contribution < 1.29 is 14.3 Å². The first-order valence-corrected chi connectivity index (χ1v) is 10.7. The van der Waals surface area contributed by atoms with Gasteiger partial charge in [-0.05, 0) is 63.7 Å². The molecular formula is C25H36O3. The van der Waals surface area contributed by atoms with Gasteiger partial charge in [-0.15, -0.1) is 0 Å². The average molecular weight is 385 g/mol. The fourth-order valence-corrected chi connectivity index (χ4v) is 3.83. The topological polar surface area (TPSA) is 43.4 Å². The molecule has 1 aliphatic carbocycles. The Bertz CT molecular complexity index is 742.